The molecule has 1 aliphatic rings. The van der Waals surface area contributed by atoms with E-state index in [1.807, 2.05) is 96.2 Å². The van der Waals surface area contributed by atoms with Crippen LogP contribution in [0.3, 0.4) is 0 Å². The summed E-state index contributed by atoms with van der Waals surface area (Å²) in [6.45, 7) is 11.6. The maximum absolute atomic E-state index is 13.7. The molecule has 2 N–H and O–H groups in total. The van der Waals surface area contributed by atoms with E-state index in [9.17, 15) is 14.4 Å². The van der Waals surface area contributed by atoms with Gasteiger partial charge >= 0.3 is 12.1 Å². The van der Waals surface area contributed by atoms with Crippen molar-refractivity contribution in [3.8, 4) is 0 Å². The van der Waals surface area contributed by atoms with Crippen LogP contribution in [0.4, 0.5) is 4.79 Å². The van der Waals surface area contributed by atoms with Crippen LogP contribution in [0.25, 0.3) is 16.3 Å². The molecule has 2 aromatic carbocycles. The Morgan fingerprint density at radius 2 is 1.61 bits per heavy atom. The quantitative estimate of drug-likeness (QED) is 0.320. The number of carbonyl (C=O) groups excluding carboxylic acids is 3. The molecule has 1 aliphatic carbocycles. The zero-order valence-electron chi connectivity index (χ0n) is 24.6. The molecule has 0 aliphatic heterocycles. The van der Waals surface area contributed by atoms with E-state index in [2.05, 4.69) is 10.6 Å². The third-order valence-corrected chi connectivity index (χ3v) is 7.53. The Bertz CT molecular complexity index is 1440. The predicted octanol–water partition coefficient (Wildman–Crippen LogP) is 5.97. The number of carbonyl (C=O) groups is 3. The second kappa shape index (κ2) is 12.0. The van der Waals surface area contributed by atoms with Gasteiger partial charge in [0.15, 0.2) is 0 Å². The molecular weight excluding hydrogens is 538 g/mol. The van der Waals surface area contributed by atoms with Crippen LogP contribution in [-0.2, 0) is 38.4 Å². The Kier molecular flexibility index (Phi) is 8.87. The first-order valence-electron chi connectivity index (χ1n) is 13.8. The number of ether oxygens (including phenoxy) is 2. The standard InChI is InChI=1S/C32H39N3O5S/c1-30(2,3)39-27(36)19-32(17-22-11-7-8-12-23(22)18-32)28(37)34-20-26-35-24-16-21(13-14-25(24)41-26)10-9-15-33-29(38)40-31(4,5)6/h7-14,16H,15,17-20H2,1-6H3,(H,33,38)(H,34,37)/b10-9+. The first kappa shape index (κ1) is 30.2. The van der Waals surface area contributed by atoms with Crippen LogP contribution in [0.2, 0.25) is 0 Å². The summed E-state index contributed by atoms with van der Waals surface area (Å²) in [4.78, 5) is 43.0. The number of thiazole rings is 1. The molecule has 0 fully saturated rings. The van der Waals surface area contributed by atoms with Gasteiger partial charge in [0, 0.05) is 6.54 Å². The van der Waals surface area contributed by atoms with Gasteiger partial charge < -0.3 is 20.1 Å². The molecule has 3 aromatic rings. The van der Waals surface area contributed by atoms with Crippen molar-refractivity contribution in [2.45, 2.75) is 78.6 Å². The highest BCUT2D eigenvalue weighted by molar-refractivity contribution is 7.18. The number of rotatable bonds is 8. The van der Waals surface area contributed by atoms with E-state index < -0.39 is 22.7 Å². The molecule has 0 saturated carbocycles. The lowest BCUT2D eigenvalue weighted by Gasteiger charge is -2.28. The highest BCUT2D eigenvalue weighted by Gasteiger charge is 2.46. The van der Waals surface area contributed by atoms with Gasteiger partial charge in [0.1, 0.15) is 16.2 Å². The Balaban J connectivity index is 1.40. The Morgan fingerprint density at radius 1 is 0.951 bits per heavy atom. The van der Waals surface area contributed by atoms with E-state index >= 15 is 0 Å². The van der Waals surface area contributed by atoms with Gasteiger partial charge in [-0.25, -0.2) is 9.78 Å². The fraction of sp³-hybridized carbons (Fsp3) is 0.438. The zero-order chi connectivity index (χ0) is 29.8. The number of benzene rings is 2. The molecule has 8 nitrogen and oxygen atoms in total. The summed E-state index contributed by atoms with van der Waals surface area (Å²) in [5, 5.41) is 6.55. The predicted molar refractivity (Wildman–Crippen MR) is 161 cm³/mol. The summed E-state index contributed by atoms with van der Waals surface area (Å²) < 4.78 is 11.8. The number of esters is 1. The van der Waals surface area contributed by atoms with Gasteiger partial charge in [-0.2, -0.15) is 0 Å². The number of hydrogen-bond donors (Lipinski definition) is 2. The topological polar surface area (TPSA) is 107 Å². The van der Waals surface area contributed by atoms with Crippen molar-refractivity contribution in [1.29, 1.82) is 0 Å². The molecule has 0 bridgehead atoms. The number of amides is 2. The normalized spacial score (nSPS) is 14.6. The van der Waals surface area contributed by atoms with Gasteiger partial charge in [0.05, 0.1) is 28.6 Å². The van der Waals surface area contributed by atoms with Gasteiger partial charge in [0.25, 0.3) is 0 Å². The van der Waals surface area contributed by atoms with E-state index in [4.69, 9.17) is 14.5 Å². The van der Waals surface area contributed by atoms with Crippen LogP contribution in [0, 0.1) is 5.41 Å². The molecule has 41 heavy (non-hydrogen) atoms. The monoisotopic (exact) mass is 577 g/mol. The number of nitrogens with zero attached hydrogens (tertiary/aromatic N) is 1. The van der Waals surface area contributed by atoms with Crippen molar-refractivity contribution in [2.75, 3.05) is 6.54 Å². The lowest BCUT2D eigenvalue weighted by atomic mass is 9.80. The molecule has 0 atom stereocenters. The van der Waals surface area contributed by atoms with E-state index in [0.29, 0.717) is 19.4 Å². The van der Waals surface area contributed by atoms with Crippen molar-refractivity contribution in [3.05, 3.63) is 70.2 Å². The maximum atomic E-state index is 13.7. The molecule has 0 saturated heterocycles. The van der Waals surface area contributed by atoms with Crippen LogP contribution < -0.4 is 10.6 Å². The van der Waals surface area contributed by atoms with Crippen LogP contribution in [0.15, 0.2) is 48.5 Å². The van der Waals surface area contributed by atoms with Gasteiger partial charge in [-0.3, -0.25) is 9.59 Å². The number of aromatic nitrogens is 1. The summed E-state index contributed by atoms with van der Waals surface area (Å²) in [5.74, 6) is -0.540. The Hall–Kier alpha value is -3.72. The zero-order valence-corrected chi connectivity index (χ0v) is 25.4. The van der Waals surface area contributed by atoms with Crippen LogP contribution in [0.1, 0.15) is 69.7 Å². The van der Waals surface area contributed by atoms with Crippen molar-refractivity contribution in [1.82, 2.24) is 15.6 Å². The average Bonchev–Trinajstić information content (AvgIpc) is 3.43. The Labute approximate surface area is 245 Å². The largest absolute Gasteiger partial charge is 0.460 e. The molecule has 4 rings (SSSR count). The minimum absolute atomic E-state index is 0.0170. The Morgan fingerprint density at radius 3 is 2.24 bits per heavy atom. The molecule has 9 heteroatoms. The minimum Gasteiger partial charge on any atom is -0.460 e. The van der Waals surface area contributed by atoms with E-state index in [0.717, 1.165) is 31.9 Å². The van der Waals surface area contributed by atoms with Crippen LogP contribution in [0.5, 0.6) is 0 Å². The highest BCUT2D eigenvalue weighted by Crippen LogP contribution is 2.41. The molecule has 0 radical (unpaired) electrons. The van der Waals surface area contributed by atoms with Gasteiger partial charge in [-0.1, -0.05) is 42.5 Å². The SMILES string of the molecule is CC(C)(C)OC(=O)CC1(C(=O)NCc2nc3cc(/C=C/CNC(=O)OC(C)(C)C)ccc3s2)Cc2ccccc2C1. The second-order valence-corrected chi connectivity index (χ2v) is 13.6. The molecule has 2 amide bonds. The molecule has 218 valence electrons. The number of fused-ring (bicyclic) bond motifs is 2. The summed E-state index contributed by atoms with van der Waals surface area (Å²) in [6.07, 6.45) is 4.30. The summed E-state index contributed by atoms with van der Waals surface area (Å²) in [5.41, 5.74) is 1.91. The van der Waals surface area contributed by atoms with Gasteiger partial charge in [-0.05, 0) is 83.2 Å². The molecule has 0 unspecified atom stereocenters. The van der Waals surface area contributed by atoms with Gasteiger partial charge in [-0.15, -0.1) is 11.3 Å². The lowest BCUT2D eigenvalue weighted by molar-refractivity contribution is -0.160. The van der Waals surface area contributed by atoms with E-state index in [1.165, 1.54) is 11.3 Å². The summed E-state index contributed by atoms with van der Waals surface area (Å²) >= 11 is 1.52. The lowest BCUT2D eigenvalue weighted by Crippen LogP contribution is -2.44. The molecule has 0 spiro atoms. The maximum Gasteiger partial charge on any atom is 0.407 e. The first-order valence-corrected chi connectivity index (χ1v) is 14.6. The van der Waals surface area contributed by atoms with Crippen LogP contribution >= 0.6 is 11.3 Å². The van der Waals surface area contributed by atoms with Crippen molar-refractivity contribution < 1.29 is 23.9 Å². The fourth-order valence-corrected chi connectivity index (χ4v) is 5.77. The number of nitrogens with one attached hydrogen (secondary N) is 2. The van der Waals surface area contributed by atoms with Crippen LogP contribution in [-0.4, -0.2) is 40.7 Å². The van der Waals surface area contributed by atoms with E-state index in [-0.39, 0.29) is 24.8 Å². The van der Waals surface area contributed by atoms with E-state index in [1.54, 1.807) is 0 Å². The number of alkyl carbamates (subject to hydrolysis) is 1. The van der Waals surface area contributed by atoms with Crippen molar-refractivity contribution in [2.24, 2.45) is 5.41 Å². The smallest absolute Gasteiger partial charge is 0.407 e. The van der Waals surface area contributed by atoms with Crippen molar-refractivity contribution >= 4 is 45.6 Å². The summed E-state index contributed by atoms with van der Waals surface area (Å²) in [6, 6.07) is 13.9. The fourth-order valence-electron chi connectivity index (χ4n) is 4.88. The molecule has 1 heterocycles. The van der Waals surface area contributed by atoms with Gasteiger partial charge in [0.2, 0.25) is 5.91 Å². The van der Waals surface area contributed by atoms with Crippen molar-refractivity contribution in [3.63, 3.8) is 0 Å². The second-order valence-electron chi connectivity index (χ2n) is 12.5. The first-order chi connectivity index (χ1) is 19.2. The number of hydrogen-bond acceptors (Lipinski definition) is 7. The molecule has 1 aromatic heterocycles. The minimum atomic E-state index is -0.895. The summed E-state index contributed by atoms with van der Waals surface area (Å²) in [7, 11) is 0. The highest BCUT2D eigenvalue weighted by atomic mass is 32.1. The third-order valence-electron chi connectivity index (χ3n) is 6.49. The molecular formula is C32H39N3O5S. The average molecular weight is 578 g/mol. The third kappa shape index (κ3) is 8.39.